The van der Waals surface area contributed by atoms with Crippen LogP contribution in [0, 0.1) is 6.92 Å². The fourth-order valence-corrected chi connectivity index (χ4v) is 5.09. The fraction of sp³-hybridized carbons (Fsp3) is 0.250. The molecule has 168 valence electrons. The molecule has 0 saturated heterocycles. The number of fused-ring (bicyclic) bond motifs is 2. The molecule has 1 aliphatic heterocycles. The van der Waals surface area contributed by atoms with Crippen LogP contribution in [0.3, 0.4) is 0 Å². The first-order chi connectivity index (χ1) is 16.0. The van der Waals surface area contributed by atoms with Crippen molar-refractivity contribution in [2.45, 2.75) is 31.5 Å². The Morgan fingerprint density at radius 3 is 2.82 bits per heavy atom. The largest absolute Gasteiger partial charge is 0.494 e. The molecule has 9 heteroatoms. The van der Waals surface area contributed by atoms with Crippen molar-refractivity contribution in [3.8, 4) is 11.4 Å². The molecule has 1 unspecified atom stereocenters. The van der Waals surface area contributed by atoms with Crippen molar-refractivity contribution in [3.63, 3.8) is 0 Å². The molecule has 0 spiro atoms. The van der Waals surface area contributed by atoms with Crippen molar-refractivity contribution >= 4 is 34.4 Å². The van der Waals surface area contributed by atoms with Gasteiger partial charge < -0.3 is 10.1 Å². The minimum Gasteiger partial charge on any atom is -0.494 e. The second-order valence-electron chi connectivity index (χ2n) is 7.88. The van der Waals surface area contributed by atoms with Crippen molar-refractivity contribution < 1.29 is 9.53 Å². The van der Waals surface area contributed by atoms with E-state index < -0.39 is 0 Å². The van der Waals surface area contributed by atoms with Gasteiger partial charge >= 0.3 is 0 Å². The van der Waals surface area contributed by atoms with Gasteiger partial charge in [0, 0.05) is 17.9 Å². The topological polar surface area (TPSA) is 91.0 Å². The standard InChI is InChI=1S/C24H23N5O3S/c1-3-32-19-9-7-16(8-10-19)26-21(30)12-18-14-33-24-27-22-20(23(31)28(18)24)13-25-29(22)17-6-4-5-15(2)11-17/h4-11,13,18H,3,12,14H2,1-2H3,(H,26,30). The number of thioether (sulfide) groups is 1. The second kappa shape index (κ2) is 8.74. The number of hydrogen-bond acceptors (Lipinski definition) is 6. The SMILES string of the molecule is CCOc1ccc(NC(=O)CC2CSc3nc4c(cnn4-c4cccc(C)c4)c(=O)n32)cc1. The quantitative estimate of drug-likeness (QED) is 0.437. The monoisotopic (exact) mass is 461 g/mol. The van der Waals surface area contributed by atoms with E-state index in [-0.39, 0.29) is 23.9 Å². The molecule has 8 nitrogen and oxygen atoms in total. The molecule has 33 heavy (non-hydrogen) atoms. The van der Waals surface area contributed by atoms with E-state index in [0.29, 0.717) is 34.2 Å². The van der Waals surface area contributed by atoms with Crippen LogP contribution in [-0.4, -0.2) is 37.6 Å². The third kappa shape index (κ3) is 4.11. The highest BCUT2D eigenvalue weighted by Gasteiger charge is 2.29. The first-order valence-corrected chi connectivity index (χ1v) is 11.7. The third-order valence-corrected chi connectivity index (χ3v) is 6.58. The van der Waals surface area contributed by atoms with E-state index in [2.05, 4.69) is 10.4 Å². The highest BCUT2D eigenvalue weighted by molar-refractivity contribution is 7.99. The average molecular weight is 462 g/mol. The lowest BCUT2D eigenvalue weighted by atomic mass is 10.2. The van der Waals surface area contributed by atoms with Crippen LogP contribution < -0.4 is 15.6 Å². The maximum absolute atomic E-state index is 13.3. The highest BCUT2D eigenvalue weighted by atomic mass is 32.2. The van der Waals surface area contributed by atoms with Crippen LogP contribution in [0.1, 0.15) is 24.9 Å². The molecule has 1 N–H and O–H groups in total. The van der Waals surface area contributed by atoms with E-state index in [1.165, 1.54) is 11.8 Å². The van der Waals surface area contributed by atoms with Crippen molar-refractivity contribution in [2.75, 3.05) is 17.7 Å². The van der Waals surface area contributed by atoms with Gasteiger partial charge in [0.05, 0.1) is 24.5 Å². The molecular formula is C24H23N5O3S. The lowest BCUT2D eigenvalue weighted by Crippen LogP contribution is -2.27. The van der Waals surface area contributed by atoms with Crippen molar-refractivity contribution in [3.05, 3.63) is 70.6 Å². The summed E-state index contributed by atoms with van der Waals surface area (Å²) >= 11 is 1.49. The zero-order valence-electron chi connectivity index (χ0n) is 18.3. The minimum absolute atomic E-state index is 0.153. The number of ether oxygens (including phenoxy) is 1. The number of amides is 1. The average Bonchev–Trinajstić information content (AvgIpc) is 3.40. The van der Waals surface area contributed by atoms with Gasteiger partial charge in [0.2, 0.25) is 5.91 Å². The Labute approximate surface area is 194 Å². The second-order valence-corrected chi connectivity index (χ2v) is 8.86. The fourth-order valence-electron chi connectivity index (χ4n) is 3.96. The molecule has 0 radical (unpaired) electrons. The number of aromatic nitrogens is 4. The summed E-state index contributed by atoms with van der Waals surface area (Å²) in [5.41, 5.74) is 3.01. The highest BCUT2D eigenvalue weighted by Crippen LogP contribution is 2.33. The summed E-state index contributed by atoms with van der Waals surface area (Å²) in [5.74, 6) is 1.22. The van der Waals surface area contributed by atoms with Gasteiger partial charge in [-0.2, -0.15) is 5.10 Å². The Bertz CT molecular complexity index is 1390. The maximum atomic E-state index is 13.3. The Balaban J connectivity index is 1.38. The van der Waals surface area contributed by atoms with Gasteiger partial charge in [0.1, 0.15) is 11.1 Å². The van der Waals surface area contributed by atoms with Crippen LogP contribution in [0.5, 0.6) is 5.75 Å². The summed E-state index contributed by atoms with van der Waals surface area (Å²) in [5, 5.41) is 8.37. The number of carbonyl (C=O) groups is 1. The lowest BCUT2D eigenvalue weighted by molar-refractivity contribution is -0.116. The molecule has 0 saturated carbocycles. The minimum atomic E-state index is -0.264. The van der Waals surface area contributed by atoms with E-state index in [0.717, 1.165) is 17.0 Å². The molecule has 0 bridgehead atoms. The van der Waals surface area contributed by atoms with E-state index in [4.69, 9.17) is 9.72 Å². The summed E-state index contributed by atoms with van der Waals surface area (Å²) in [6.07, 6.45) is 1.74. The number of nitrogens with zero attached hydrogens (tertiary/aromatic N) is 4. The molecule has 4 aromatic rings. The van der Waals surface area contributed by atoms with E-state index >= 15 is 0 Å². The van der Waals surface area contributed by atoms with Crippen LogP contribution in [0.25, 0.3) is 16.7 Å². The third-order valence-electron chi connectivity index (χ3n) is 5.49. The summed E-state index contributed by atoms with van der Waals surface area (Å²) in [7, 11) is 0. The number of rotatable bonds is 6. The molecule has 5 rings (SSSR count). The lowest BCUT2D eigenvalue weighted by Gasteiger charge is -2.14. The number of aryl methyl sites for hydroxylation is 1. The number of nitrogens with one attached hydrogen (secondary N) is 1. The van der Waals surface area contributed by atoms with Gasteiger partial charge in [0.25, 0.3) is 5.56 Å². The van der Waals surface area contributed by atoms with Crippen molar-refractivity contribution in [2.24, 2.45) is 0 Å². The number of carbonyl (C=O) groups excluding carboxylic acids is 1. The van der Waals surface area contributed by atoms with Gasteiger partial charge in [-0.05, 0) is 55.8 Å². The summed E-state index contributed by atoms with van der Waals surface area (Å²) < 4.78 is 8.75. The Hall–Kier alpha value is -3.59. The predicted octanol–water partition coefficient (Wildman–Crippen LogP) is 3.96. The molecule has 1 atom stereocenters. The Kier molecular flexibility index (Phi) is 5.63. The molecule has 1 amide bonds. The number of benzene rings is 2. The van der Waals surface area contributed by atoms with Crippen LogP contribution in [0.15, 0.2) is 64.7 Å². The maximum Gasteiger partial charge on any atom is 0.265 e. The van der Waals surface area contributed by atoms with E-state index in [1.807, 2.05) is 50.2 Å². The molecule has 2 aromatic heterocycles. The van der Waals surface area contributed by atoms with Crippen LogP contribution in [0.4, 0.5) is 5.69 Å². The van der Waals surface area contributed by atoms with Crippen molar-refractivity contribution in [1.82, 2.24) is 19.3 Å². The van der Waals surface area contributed by atoms with Gasteiger partial charge in [-0.1, -0.05) is 23.9 Å². The van der Waals surface area contributed by atoms with Crippen LogP contribution in [-0.2, 0) is 4.79 Å². The number of hydrogen-bond donors (Lipinski definition) is 1. The first-order valence-electron chi connectivity index (χ1n) is 10.8. The predicted molar refractivity (Wildman–Crippen MR) is 128 cm³/mol. The smallest absolute Gasteiger partial charge is 0.265 e. The molecule has 1 aliphatic rings. The summed E-state index contributed by atoms with van der Waals surface area (Å²) in [6.45, 7) is 4.52. The molecule has 2 aromatic carbocycles. The van der Waals surface area contributed by atoms with Gasteiger partial charge in [0.15, 0.2) is 10.8 Å². The zero-order valence-corrected chi connectivity index (χ0v) is 19.1. The van der Waals surface area contributed by atoms with Gasteiger partial charge in [-0.25, -0.2) is 9.67 Å². The molecular weight excluding hydrogens is 438 g/mol. The van der Waals surface area contributed by atoms with Gasteiger partial charge in [-0.3, -0.25) is 14.2 Å². The van der Waals surface area contributed by atoms with Gasteiger partial charge in [-0.15, -0.1) is 0 Å². The van der Waals surface area contributed by atoms with Crippen LogP contribution in [0.2, 0.25) is 0 Å². The van der Waals surface area contributed by atoms with E-state index in [1.54, 1.807) is 27.6 Å². The number of anilines is 1. The zero-order chi connectivity index (χ0) is 22.9. The Morgan fingerprint density at radius 2 is 2.06 bits per heavy atom. The molecule has 0 aliphatic carbocycles. The van der Waals surface area contributed by atoms with Crippen LogP contribution >= 0.6 is 11.8 Å². The molecule has 0 fully saturated rings. The van der Waals surface area contributed by atoms with Crippen molar-refractivity contribution in [1.29, 1.82) is 0 Å². The Morgan fingerprint density at radius 1 is 1.24 bits per heavy atom. The summed E-state index contributed by atoms with van der Waals surface area (Å²) in [6, 6.07) is 14.9. The summed E-state index contributed by atoms with van der Waals surface area (Å²) in [4.78, 5) is 30.7. The van der Waals surface area contributed by atoms with E-state index in [9.17, 15) is 9.59 Å². The normalized spacial score (nSPS) is 14.9. The first kappa shape index (κ1) is 21.3. The molecule has 3 heterocycles.